The summed E-state index contributed by atoms with van der Waals surface area (Å²) in [5, 5.41) is 4.88. The number of thiol groups is 1. The molecule has 0 spiro atoms. The van der Waals surface area contributed by atoms with Gasteiger partial charge in [-0.05, 0) is 56.0 Å². The van der Waals surface area contributed by atoms with Crippen LogP contribution in [0, 0.1) is 12.8 Å². The van der Waals surface area contributed by atoms with Crippen LogP contribution in [0.15, 0.2) is 58.5 Å². The summed E-state index contributed by atoms with van der Waals surface area (Å²) in [5.41, 5.74) is 7.72. The number of fused-ring (bicyclic) bond motifs is 1. The minimum atomic E-state index is -0.371. The van der Waals surface area contributed by atoms with E-state index in [2.05, 4.69) is 24.9 Å². The molecule has 1 aromatic heterocycles. The van der Waals surface area contributed by atoms with Gasteiger partial charge >= 0.3 is 0 Å². The highest BCUT2D eigenvalue weighted by molar-refractivity contribution is 8.00. The van der Waals surface area contributed by atoms with Gasteiger partial charge in [-0.25, -0.2) is 4.98 Å². The number of nitrogens with zero attached hydrogens (tertiary/aromatic N) is 3. The monoisotopic (exact) mass is 571 g/mol. The molecule has 1 saturated heterocycles. The number of primary amides is 1. The van der Waals surface area contributed by atoms with Crippen LogP contribution in [-0.2, 0) is 9.59 Å². The smallest absolute Gasteiger partial charge is 0.266 e. The van der Waals surface area contributed by atoms with Crippen LogP contribution >= 0.6 is 24.6 Å². The summed E-state index contributed by atoms with van der Waals surface area (Å²) in [4.78, 5) is 45.4. The summed E-state index contributed by atoms with van der Waals surface area (Å²) in [6.45, 7) is 9.12. The SMILES string of the molecule is CC.CCCCC(Sc1nc2ccccc2c(=O)n1-c1cccc(C)c1)C(=O)N1CCC(C(N)=O)CC1.NS. The molecule has 0 saturated carbocycles. The molecular formula is C29H41N5O3S2. The number of amides is 2. The molecule has 0 radical (unpaired) electrons. The van der Waals surface area contributed by atoms with Crippen LogP contribution in [0.5, 0.6) is 0 Å². The van der Waals surface area contributed by atoms with E-state index in [1.807, 2.05) is 68.1 Å². The van der Waals surface area contributed by atoms with Crippen molar-refractivity contribution in [1.82, 2.24) is 14.5 Å². The number of carbonyl (C=O) groups is 2. The summed E-state index contributed by atoms with van der Waals surface area (Å²) in [6.07, 6.45) is 3.72. The number of benzene rings is 2. The van der Waals surface area contributed by atoms with Gasteiger partial charge in [0, 0.05) is 19.0 Å². The van der Waals surface area contributed by atoms with Crippen molar-refractivity contribution in [2.24, 2.45) is 16.8 Å². The van der Waals surface area contributed by atoms with Gasteiger partial charge in [0.15, 0.2) is 5.16 Å². The molecule has 212 valence electrons. The minimum absolute atomic E-state index is 0.0320. The number of aromatic nitrogens is 2. The number of hydrogen-bond acceptors (Lipinski definition) is 7. The zero-order valence-electron chi connectivity index (χ0n) is 23.3. The molecule has 1 atom stereocenters. The van der Waals surface area contributed by atoms with E-state index < -0.39 is 0 Å². The van der Waals surface area contributed by atoms with Crippen molar-refractivity contribution in [3.63, 3.8) is 0 Å². The lowest BCUT2D eigenvalue weighted by Crippen LogP contribution is -2.45. The number of unbranched alkanes of at least 4 members (excludes halogenated alkanes) is 1. The number of thioether (sulfide) groups is 1. The lowest BCUT2D eigenvalue weighted by Gasteiger charge is -2.33. The molecule has 39 heavy (non-hydrogen) atoms. The molecule has 10 heteroatoms. The Bertz CT molecular complexity index is 1290. The number of piperidine rings is 1. The second-order valence-electron chi connectivity index (χ2n) is 9.14. The molecule has 3 aromatic rings. The highest BCUT2D eigenvalue weighted by Gasteiger charge is 2.31. The van der Waals surface area contributed by atoms with Crippen LogP contribution in [0.1, 0.15) is 58.4 Å². The molecular weight excluding hydrogens is 530 g/mol. The number of nitrogens with two attached hydrogens (primary N) is 2. The van der Waals surface area contributed by atoms with Crippen LogP contribution in [-0.4, -0.2) is 44.6 Å². The van der Waals surface area contributed by atoms with E-state index in [4.69, 9.17) is 10.7 Å². The van der Waals surface area contributed by atoms with Gasteiger partial charge in [0.05, 0.1) is 21.8 Å². The molecule has 8 nitrogen and oxygen atoms in total. The fraction of sp³-hybridized carbons (Fsp3) is 0.448. The van der Waals surface area contributed by atoms with Crippen molar-refractivity contribution in [3.8, 4) is 5.69 Å². The predicted octanol–water partition coefficient (Wildman–Crippen LogP) is 4.89. The van der Waals surface area contributed by atoms with Crippen molar-refractivity contribution >= 4 is 47.3 Å². The first kappa shape index (κ1) is 32.4. The summed E-state index contributed by atoms with van der Waals surface area (Å²) in [7, 11) is 0. The number of likely N-dealkylation sites (tertiary alicyclic amines) is 1. The molecule has 1 aliphatic heterocycles. The van der Waals surface area contributed by atoms with Gasteiger partial charge in [0.2, 0.25) is 11.8 Å². The van der Waals surface area contributed by atoms with Crippen molar-refractivity contribution in [2.75, 3.05) is 13.1 Å². The molecule has 0 bridgehead atoms. The Balaban J connectivity index is 0.00000127. The summed E-state index contributed by atoms with van der Waals surface area (Å²) < 4.78 is 1.63. The first-order chi connectivity index (χ1) is 18.9. The molecule has 1 fully saturated rings. The van der Waals surface area contributed by atoms with Gasteiger partial charge in [0.25, 0.3) is 5.56 Å². The Morgan fingerprint density at radius 2 is 1.77 bits per heavy atom. The van der Waals surface area contributed by atoms with E-state index in [0.29, 0.717) is 48.4 Å². The number of rotatable bonds is 8. The summed E-state index contributed by atoms with van der Waals surface area (Å²) >= 11 is 4.39. The van der Waals surface area contributed by atoms with Gasteiger partial charge in [-0.2, -0.15) is 0 Å². The standard InChI is InChI=1S/C27H32N4O3S.C2H6.H3NS/c1-3-4-12-23(26(34)30-15-13-19(14-16-30)24(28)32)35-27-29-22-11-6-5-10-21(22)25(33)31(27)20-9-7-8-18(2)17-20;2*1-2/h5-11,17,19,23H,3-4,12-16H2,1-2H3,(H2,28,32);1-2H3;2H,1H2. The molecule has 0 aliphatic carbocycles. The van der Waals surface area contributed by atoms with Gasteiger partial charge in [-0.15, -0.1) is 12.8 Å². The number of hydrogen-bond donors (Lipinski definition) is 3. The quantitative estimate of drug-likeness (QED) is 0.201. The van der Waals surface area contributed by atoms with Gasteiger partial charge in [-0.1, -0.05) is 69.6 Å². The predicted molar refractivity (Wildman–Crippen MR) is 164 cm³/mol. The zero-order chi connectivity index (χ0) is 28.9. The summed E-state index contributed by atoms with van der Waals surface area (Å²) in [6, 6.07) is 15.1. The number of carbonyl (C=O) groups excluding carboxylic acids is 2. The van der Waals surface area contributed by atoms with E-state index in [1.165, 1.54) is 11.8 Å². The second kappa shape index (κ2) is 16.3. The molecule has 1 aliphatic rings. The maximum Gasteiger partial charge on any atom is 0.266 e. The Labute approximate surface area is 241 Å². The van der Waals surface area contributed by atoms with E-state index in [9.17, 15) is 14.4 Å². The molecule has 2 aromatic carbocycles. The third-order valence-electron chi connectivity index (χ3n) is 6.56. The fourth-order valence-electron chi connectivity index (χ4n) is 4.52. The maximum absolute atomic E-state index is 13.6. The Morgan fingerprint density at radius 3 is 2.38 bits per heavy atom. The molecule has 2 heterocycles. The Hall–Kier alpha value is -2.82. The van der Waals surface area contributed by atoms with Gasteiger partial charge < -0.3 is 10.6 Å². The Morgan fingerprint density at radius 1 is 1.10 bits per heavy atom. The molecule has 1 unspecified atom stereocenters. The van der Waals surface area contributed by atoms with Crippen LogP contribution in [0.3, 0.4) is 0 Å². The molecule has 4 N–H and O–H groups in total. The lowest BCUT2D eigenvalue weighted by atomic mass is 9.96. The first-order valence-corrected chi connectivity index (χ1v) is 14.9. The average Bonchev–Trinajstić information content (AvgIpc) is 2.97. The zero-order valence-corrected chi connectivity index (χ0v) is 25.0. The van der Waals surface area contributed by atoms with E-state index in [1.54, 1.807) is 10.6 Å². The van der Waals surface area contributed by atoms with Crippen LogP contribution in [0.2, 0.25) is 0 Å². The fourth-order valence-corrected chi connectivity index (χ4v) is 5.76. The number of aryl methyl sites for hydroxylation is 1. The largest absolute Gasteiger partial charge is 0.369 e. The van der Waals surface area contributed by atoms with Crippen molar-refractivity contribution in [1.29, 1.82) is 0 Å². The topological polar surface area (TPSA) is 124 Å². The van der Waals surface area contributed by atoms with E-state index >= 15 is 0 Å². The normalized spacial score (nSPS) is 14.1. The van der Waals surface area contributed by atoms with Gasteiger partial charge in [-0.3, -0.25) is 24.1 Å². The van der Waals surface area contributed by atoms with Crippen LogP contribution in [0.25, 0.3) is 16.6 Å². The maximum atomic E-state index is 13.6. The minimum Gasteiger partial charge on any atom is -0.369 e. The van der Waals surface area contributed by atoms with Crippen molar-refractivity contribution in [2.45, 2.75) is 70.2 Å². The average molecular weight is 572 g/mol. The van der Waals surface area contributed by atoms with Crippen LogP contribution in [0.4, 0.5) is 0 Å². The van der Waals surface area contributed by atoms with Crippen molar-refractivity contribution in [3.05, 3.63) is 64.4 Å². The van der Waals surface area contributed by atoms with E-state index in [-0.39, 0.29) is 28.5 Å². The van der Waals surface area contributed by atoms with Crippen molar-refractivity contribution < 1.29 is 9.59 Å². The van der Waals surface area contributed by atoms with E-state index in [0.717, 1.165) is 24.1 Å². The molecule has 2 amide bonds. The van der Waals surface area contributed by atoms with Gasteiger partial charge in [0.1, 0.15) is 0 Å². The second-order valence-corrected chi connectivity index (χ2v) is 10.3. The molecule has 4 rings (SSSR count). The first-order valence-electron chi connectivity index (χ1n) is 13.5. The Kier molecular flexibility index (Phi) is 13.6. The number of para-hydroxylation sites is 1. The highest BCUT2D eigenvalue weighted by atomic mass is 32.2. The highest BCUT2D eigenvalue weighted by Crippen LogP contribution is 2.30. The third-order valence-corrected chi connectivity index (χ3v) is 7.76. The van der Waals surface area contributed by atoms with Crippen LogP contribution < -0.4 is 16.4 Å². The summed E-state index contributed by atoms with van der Waals surface area (Å²) in [5.74, 6) is -0.435. The third kappa shape index (κ3) is 8.33. The lowest BCUT2D eigenvalue weighted by molar-refractivity contribution is -0.134.